The fourth-order valence-electron chi connectivity index (χ4n) is 5.87. The molecule has 1 aliphatic heterocycles. The summed E-state index contributed by atoms with van der Waals surface area (Å²) >= 11 is 0. The number of rotatable bonds is 7. The lowest BCUT2D eigenvalue weighted by atomic mass is 9.83. The third-order valence-electron chi connectivity index (χ3n) is 7.77. The number of esters is 1. The quantitative estimate of drug-likeness (QED) is 0.421. The molecule has 9 heteroatoms. The van der Waals surface area contributed by atoms with E-state index in [0.29, 0.717) is 24.1 Å². The molecule has 1 aromatic rings. The summed E-state index contributed by atoms with van der Waals surface area (Å²) in [7, 11) is -1.91. The smallest absolute Gasteiger partial charge is 0.306 e. The second-order valence-corrected chi connectivity index (χ2v) is 14.8. The van der Waals surface area contributed by atoms with Crippen molar-refractivity contribution in [2.75, 3.05) is 18.5 Å². The van der Waals surface area contributed by atoms with Crippen LogP contribution in [-0.2, 0) is 34.9 Å². The Kier molecular flexibility index (Phi) is 10.0. The predicted octanol–water partition coefficient (Wildman–Crippen LogP) is 5.24. The van der Waals surface area contributed by atoms with Crippen molar-refractivity contribution < 1.29 is 27.5 Å². The number of ether oxygens (including phenoxy) is 1. The SMILES string of the molecule is CN(C(=O)C1CCCCC(CC(=O)OC(C)(C)C)CC1)c1cccc(CS(=O)(=O)N2CCC(=O)CC2(C)C)c1. The van der Waals surface area contributed by atoms with E-state index in [2.05, 4.69) is 0 Å². The van der Waals surface area contributed by atoms with E-state index in [1.54, 1.807) is 44.0 Å². The van der Waals surface area contributed by atoms with Gasteiger partial charge in [0, 0.05) is 50.0 Å². The first kappa shape index (κ1) is 31.3. The van der Waals surface area contributed by atoms with E-state index in [1.807, 2.05) is 26.8 Å². The number of hydrogen-bond donors (Lipinski definition) is 0. The molecule has 218 valence electrons. The van der Waals surface area contributed by atoms with Gasteiger partial charge in [-0.25, -0.2) is 8.42 Å². The Labute approximate surface area is 234 Å². The minimum atomic E-state index is -3.65. The largest absolute Gasteiger partial charge is 0.460 e. The maximum Gasteiger partial charge on any atom is 0.306 e. The fourth-order valence-corrected chi connectivity index (χ4v) is 7.81. The number of carbonyl (C=O) groups is 3. The number of hydrogen-bond acceptors (Lipinski definition) is 6. The van der Waals surface area contributed by atoms with E-state index in [1.165, 1.54) is 4.31 Å². The van der Waals surface area contributed by atoms with Gasteiger partial charge in [-0.3, -0.25) is 14.4 Å². The number of nitrogens with zero attached hydrogens (tertiary/aromatic N) is 2. The molecule has 8 nitrogen and oxygen atoms in total. The van der Waals surface area contributed by atoms with Crippen LogP contribution in [0.1, 0.15) is 98.0 Å². The molecule has 2 unspecified atom stereocenters. The minimum Gasteiger partial charge on any atom is -0.460 e. The number of benzene rings is 1. The van der Waals surface area contributed by atoms with Crippen LogP contribution in [0.15, 0.2) is 24.3 Å². The van der Waals surface area contributed by atoms with Gasteiger partial charge in [0.25, 0.3) is 0 Å². The Morgan fingerprint density at radius 1 is 1.10 bits per heavy atom. The summed E-state index contributed by atoms with van der Waals surface area (Å²) in [5.74, 6) is -0.197. The number of sulfonamides is 1. The van der Waals surface area contributed by atoms with Gasteiger partial charge in [-0.2, -0.15) is 4.31 Å². The molecule has 1 saturated heterocycles. The molecule has 1 saturated carbocycles. The maximum absolute atomic E-state index is 13.5. The van der Waals surface area contributed by atoms with E-state index >= 15 is 0 Å². The standard InChI is InChI=1S/C30H46N2O6S/c1-29(2,3)38-27(34)19-22-10-7-8-12-24(15-14-22)28(35)31(6)25-13-9-11-23(18-25)21-39(36,37)32-17-16-26(33)20-30(32,4)5/h9,11,13,18,22,24H,7-8,10,12,14-17,19-21H2,1-6H3. The van der Waals surface area contributed by atoms with E-state index in [4.69, 9.17) is 4.74 Å². The van der Waals surface area contributed by atoms with Gasteiger partial charge in [0.05, 0.1) is 5.75 Å². The molecule has 2 atom stereocenters. The summed E-state index contributed by atoms with van der Waals surface area (Å²) in [5, 5.41) is 0. The van der Waals surface area contributed by atoms with Gasteiger partial charge in [-0.05, 0) is 83.9 Å². The van der Waals surface area contributed by atoms with Gasteiger partial charge >= 0.3 is 5.97 Å². The van der Waals surface area contributed by atoms with Crippen LogP contribution in [0.5, 0.6) is 0 Å². The molecular formula is C30H46N2O6S. The molecule has 0 radical (unpaired) electrons. The number of Topliss-reactive ketones (excluding diaryl/α,β-unsaturated/α-hetero) is 1. The minimum absolute atomic E-state index is 0.0172. The lowest BCUT2D eigenvalue weighted by Gasteiger charge is -2.40. The van der Waals surface area contributed by atoms with Gasteiger partial charge in [0.15, 0.2) is 0 Å². The average Bonchev–Trinajstić information content (AvgIpc) is 2.78. The number of anilines is 1. The van der Waals surface area contributed by atoms with Gasteiger partial charge in [-0.15, -0.1) is 0 Å². The molecule has 0 spiro atoms. The zero-order valence-corrected chi connectivity index (χ0v) is 25.3. The van der Waals surface area contributed by atoms with Gasteiger partial charge in [0.2, 0.25) is 15.9 Å². The van der Waals surface area contributed by atoms with Crippen molar-refractivity contribution in [3.63, 3.8) is 0 Å². The molecule has 0 bridgehead atoms. The van der Waals surface area contributed by atoms with Crippen LogP contribution in [0, 0.1) is 11.8 Å². The highest BCUT2D eigenvalue weighted by molar-refractivity contribution is 7.88. The highest BCUT2D eigenvalue weighted by atomic mass is 32.2. The first-order valence-corrected chi connectivity index (χ1v) is 15.8. The number of piperidine rings is 1. The van der Waals surface area contributed by atoms with Crippen LogP contribution < -0.4 is 4.90 Å². The van der Waals surface area contributed by atoms with Crippen molar-refractivity contribution in [2.24, 2.45) is 11.8 Å². The van der Waals surface area contributed by atoms with Crippen LogP contribution in [-0.4, -0.2) is 55.1 Å². The second-order valence-electron chi connectivity index (χ2n) is 12.9. The summed E-state index contributed by atoms with van der Waals surface area (Å²) in [6, 6.07) is 7.14. The van der Waals surface area contributed by atoms with Gasteiger partial charge in [-0.1, -0.05) is 25.0 Å². The van der Waals surface area contributed by atoms with Crippen molar-refractivity contribution in [1.29, 1.82) is 0 Å². The Balaban J connectivity index is 1.65. The summed E-state index contributed by atoms with van der Waals surface area (Å²) < 4.78 is 33.5. The van der Waals surface area contributed by atoms with Crippen molar-refractivity contribution in [1.82, 2.24) is 4.31 Å². The third-order valence-corrected chi connectivity index (χ3v) is 9.82. The summed E-state index contributed by atoms with van der Waals surface area (Å²) in [6.07, 6.45) is 6.03. The molecule has 1 amide bonds. The zero-order chi connectivity index (χ0) is 29.0. The highest BCUT2D eigenvalue weighted by Gasteiger charge is 2.41. The fraction of sp³-hybridized carbons (Fsp3) is 0.700. The number of amides is 1. The van der Waals surface area contributed by atoms with E-state index in [-0.39, 0.29) is 54.6 Å². The molecule has 3 rings (SSSR count). The first-order valence-electron chi connectivity index (χ1n) is 14.2. The monoisotopic (exact) mass is 562 g/mol. The van der Waals surface area contributed by atoms with E-state index in [9.17, 15) is 22.8 Å². The number of ketones is 1. The van der Waals surface area contributed by atoms with Gasteiger partial charge < -0.3 is 9.64 Å². The molecule has 1 aliphatic carbocycles. The normalized spacial score (nSPS) is 23.0. The lowest BCUT2D eigenvalue weighted by molar-refractivity contribution is -0.156. The van der Waals surface area contributed by atoms with Crippen LogP contribution in [0.3, 0.4) is 0 Å². The molecule has 39 heavy (non-hydrogen) atoms. The lowest BCUT2D eigenvalue weighted by Crippen LogP contribution is -2.53. The predicted molar refractivity (Wildman–Crippen MR) is 153 cm³/mol. The topological polar surface area (TPSA) is 101 Å². The first-order chi connectivity index (χ1) is 18.1. The molecule has 1 heterocycles. The molecule has 2 aliphatic rings. The maximum atomic E-state index is 13.5. The van der Waals surface area contributed by atoms with Crippen molar-refractivity contribution in [3.05, 3.63) is 29.8 Å². The Bertz CT molecular complexity index is 1150. The average molecular weight is 563 g/mol. The van der Waals surface area contributed by atoms with E-state index < -0.39 is 21.2 Å². The summed E-state index contributed by atoms with van der Waals surface area (Å²) in [6.45, 7) is 9.38. The molecule has 1 aromatic carbocycles. The summed E-state index contributed by atoms with van der Waals surface area (Å²) in [4.78, 5) is 39.4. The Hall–Kier alpha value is -2.26. The van der Waals surface area contributed by atoms with Crippen LogP contribution in [0.4, 0.5) is 5.69 Å². The zero-order valence-electron chi connectivity index (χ0n) is 24.5. The van der Waals surface area contributed by atoms with Crippen LogP contribution in [0.25, 0.3) is 0 Å². The molecule has 2 fully saturated rings. The van der Waals surface area contributed by atoms with Crippen molar-refractivity contribution in [2.45, 2.75) is 109 Å². The molecule has 0 aromatic heterocycles. The van der Waals surface area contributed by atoms with Crippen LogP contribution >= 0.6 is 0 Å². The highest BCUT2D eigenvalue weighted by Crippen LogP contribution is 2.32. The number of carbonyl (C=O) groups excluding carboxylic acids is 3. The van der Waals surface area contributed by atoms with Crippen molar-refractivity contribution >= 4 is 33.4 Å². The molecular weight excluding hydrogens is 516 g/mol. The Morgan fingerprint density at radius 2 is 1.79 bits per heavy atom. The Morgan fingerprint density at radius 3 is 2.46 bits per heavy atom. The van der Waals surface area contributed by atoms with E-state index in [0.717, 1.165) is 32.1 Å². The van der Waals surface area contributed by atoms with Crippen LogP contribution in [0.2, 0.25) is 0 Å². The molecule has 0 N–H and O–H groups in total. The summed E-state index contributed by atoms with van der Waals surface area (Å²) in [5.41, 5.74) is 0.0117. The second kappa shape index (κ2) is 12.5. The van der Waals surface area contributed by atoms with Crippen molar-refractivity contribution in [3.8, 4) is 0 Å². The van der Waals surface area contributed by atoms with Gasteiger partial charge in [0.1, 0.15) is 11.4 Å². The third kappa shape index (κ3) is 8.87.